The Labute approximate surface area is 119 Å². The van der Waals surface area contributed by atoms with Gasteiger partial charge in [-0.2, -0.15) is 10.4 Å². The van der Waals surface area contributed by atoms with Crippen LogP contribution in [-0.4, -0.2) is 15.8 Å². The molecule has 1 atom stereocenters. The molecule has 0 amide bonds. The summed E-state index contributed by atoms with van der Waals surface area (Å²) in [5, 5.41) is 13.9. The molecular formula is C16H18N4. The number of benzene rings is 1. The van der Waals surface area contributed by atoms with Crippen molar-refractivity contribution in [2.75, 3.05) is 4.90 Å². The van der Waals surface area contributed by atoms with Gasteiger partial charge in [-0.05, 0) is 38.3 Å². The molecule has 4 heteroatoms. The Hall–Kier alpha value is -2.28. The average Bonchev–Trinajstić information content (AvgIpc) is 2.72. The molecular weight excluding hydrogens is 248 g/mol. The van der Waals surface area contributed by atoms with E-state index in [1.807, 2.05) is 18.7 Å². The molecule has 1 unspecified atom stereocenters. The van der Waals surface area contributed by atoms with Gasteiger partial charge < -0.3 is 4.90 Å². The third-order valence-corrected chi connectivity index (χ3v) is 4.06. The molecule has 1 aromatic carbocycles. The Balaban J connectivity index is 2.22. The van der Waals surface area contributed by atoms with Gasteiger partial charge in [0.2, 0.25) is 0 Å². The lowest BCUT2D eigenvalue weighted by Crippen LogP contribution is -2.35. The molecule has 2 heterocycles. The van der Waals surface area contributed by atoms with Crippen molar-refractivity contribution < 1.29 is 0 Å². The second-order valence-corrected chi connectivity index (χ2v) is 5.41. The molecule has 0 aliphatic carbocycles. The summed E-state index contributed by atoms with van der Waals surface area (Å²) in [6.45, 7) is 4.10. The van der Waals surface area contributed by atoms with Gasteiger partial charge in [0.25, 0.3) is 0 Å². The molecule has 1 aliphatic rings. The maximum Gasteiger partial charge on any atom is 0.149 e. The lowest BCUT2D eigenvalue weighted by atomic mass is 9.96. The van der Waals surface area contributed by atoms with Crippen molar-refractivity contribution >= 4 is 11.5 Å². The highest BCUT2D eigenvalue weighted by molar-refractivity contribution is 5.71. The van der Waals surface area contributed by atoms with Crippen molar-refractivity contribution in [1.82, 2.24) is 9.78 Å². The van der Waals surface area contributed by atoms with E-state index in [1.54, 1.807) is 0 Å². The minimum Gasteiger partial charge on any atom is -0.322 e. The van der Waals surface area contributed by atoms with E-state index in [2.05, 4.69) is 47.3 Å². The third kappa shape index (κ3) is 1.78. The predicted octanol–water partition coefficient (Wildman–Crippen LogP) is 3.07. The van der Waals surface area contributed by atoms with Crippen molar-refractivity contribution in [2.45, 2.75) is 32.7 Å². The zero-order valence-corrected chi connectivity index (χ0v) is 12.1. The molecule has 102 valence electrons. The van der Waals surface area contributed by atoms with Gasteiger partial charge in [-0.15, -0.1) is 0 Å². The fraction of sp³-hybridized carbons (Fsp3) is 0.375. The maximum absolute atomic E-state index is 9.45. The van der Waals surface area contributed by atoms with Gasteiger partial charge in [0.15, 0.2) is 0 Å². The molecule has 1 aliphatic heterocycles. The number of nitrogens with zero attached hydrogens (tertiary/aromatic N) is 4. The molecule has 20 heavy (non-hydrogen) atoms. The monoisotopic (exact) mass is 266 g/mol. The van der Waals surface area contributed by atoms with Crippen molar-refractivity contribution in [3.8, 4) is 6.07 Å². The van der Waals surface area contributed by atoms with Gasteiger partial charge in [-0.25, -0.2) is 0 Å². The minimum absolute atomic E-state index is 0.367. The fourth-order valence-corrected chi connectivity index (χ4v) is 3.06. The van der Waals surface area contributed by atoms with Crippen LogP contribution in [0.3, 0.4) is 0 Å². The van der Waals surface area contributed by atoms with Gasteiger partial charge in [0.1, 0.15) is 17.5 Å². The highest BCUT2D eigenvalue weighted by Gasteiger charge is 2.29. The zero-order chi connectivity index (χ0) is 14.3. The van der Waals surface area contributed by atoms with Crippen molar-refractivity contribution in [3.63, 3.8) is 0 Å². The number of fused-ring (bicyclic) bond motifs is 1. The van der Waals surface area contributed by atoms with Crippen molar-refractivity contribution in [2.24, 2.45) is 7.05 Å². The quantitative estimate of drug-likeness (QED) is 0.796. The number of hydrogen-bond donors (Lipinski definition) is 0. The summed E-state index contributed by atoms with van der Waals surface area (Å²) in [7, 11) is 1.91. The van der Waals surface area contributed by atoms with E-state index in [-0.39, 0.29) is 0 Å². The molecule has 1 aromatic heterocycles. The number of nitriles is 1. The van der Waals surface area contributed by atoms with E-state index in [1.165, 1.54) is 11.3 Å². The molecule has 0 bridgehead atoms. The number of aryl methyl sites for hydroxylation is 3. The topological polar surface area (TPSA) is 44.9 Å². The van der Waals surface area contributed by atoms with Crippen LogP contribution in [-0.2, 0) is 13.5 Å². The van der Waals surface area contributed by atoms with Crippen LogP contribution in [0.5, 0.6) is 0 Å². The lowest BCUT2D eigenvalue weighted by molar-refractivity contribution is 0.597. The molecule has 0 fully saturated rings. The number of hydrogen-bond acceptors (Lipinski definition) is 3. The van der Waals surface area contributed by atoms with E-state index >= 15 is 0 Å². The van der Waals surface area contributed by atoms with Crippen LogP contribution in [0.1, 0.15) is 30.2 Å². The SMILES string of the molecule is Cc1nn(C)c(N2c3ccccc3CCC2C)c1C#N. The van der Waals surface area contributed by atoms with Gasteiger partial charge in [-0.1, -0.05) is 18.2 Å². The highest BCUT2D eigenvalue weighted by Crippen LogP contribution is 2.38. The van der Waals surface area contributed by atoms with E-state index < -0.39 is 0 Å². The van der Waals surface area contributed by atoms with E-state index in [9.17, 15) is 5.26 Å². The van der Waals surface area contributed by atoms with Crippen molar-refractivity contribution in [1.29, 1.82) is 5.26 Å². The van der Waals surface area contributed by atoms with Gasteiger partial charge in [-0.3, -0.25) is 4.68 Å². The Morgan fingerprint density at radius 1 is 1.35 bits per heavy atom. The summed E-state index contributed by atoms with van der Waals surface area (Å²) in [6.07, 6.45) is 2.18. The molecule has 2 aromatic rings. The smallest absolute Gasteiger partial charge is 0.149 e. The Kier molecular flexibility index (Phi) is 2.98. The van der Waals surface area contributed by atoms with E-state index in [4.69, 9.17) is 0 Å². The summed E-state index contributed by atoms with van der Waals surface area (Å²) in [5.74, 6) is 0.907. The summed E-state index contributed by atoms with van der Waals surface area (Å²) in [5.41, 5.74) is 4.01. The van der Waals surface area contributed by atoms with E-state index in [0.717, 1.165) is 24.4 Å². The second-order valence-electron chi connectivity index (χ2n) is 5.41. The van der Waals surface area contributed by atoms with Crippen molar-refractivity contribution in [3.05, 3.63) is 41.1 Å². The lowest BCUT2D eigenvalue weighted by Gasteiger charge is -2.36. The summed E-state index contributed by atoms with van der Waals surface area (Å²) >= 11 is 0. The minimum atomic E-state index is 0.367. The zero-order valence-electron chi connectivity index (χ0n) is 12.1. The first-order valence-electron chi connectivity index (χ1n) is 6.94. The summed E-state index contributed by atoms with van der Waals surface area (Å²) < 4.78 is 1.83. The van der Waals surface area contributed by atoms with Crippen LogP contribution in [0.25, 0.3) is 0 Å². The molecule has 0 N–H and O–H groups in total. The summed E-state index contributed by atoms with van der Waals surface area (Å²) in [6, 6.07) is 11.1. The van der Waals surface area contributed by atoms with Crippen LogP contribution in [0.2, 0.25) is 0 Å². The molecule has 0 spiro atoms. The Morgan fingerprint density at radius 2 is 2.10 bits per heavy atom. The van der Waals surface area contributed by atoms with Crippen LogP contribution >= 0.6 is 0 Å². The highest BCUT2D eigenvalue weighted by atomic mass is 15.4. The number of para-hydroxylation sites is 1. The van der Waals surface area contributed by atoms with Crippen LogP contribution in [0, 0.1) is 18.3 Å². The average molecular weight is 266 g/mol. The molecule has 0 saturated heterocycles. The number of aromatic nitrogens is 2. The van der Waals surface area contributed by atoms with Crippen LogP contribution in [0.15, 0.2) is 24.3 Å². The Bertz CT molecular complexity index is 693. The maximum atomic E-state index is 9.45. The number of anilines is 2. The van der Waals surface area contributed by atoms with Crippen LogP contribution < -0.4 is 4.90 Å². The molecule has 0 radical (unpaired) electrons. The summed E-state index contributed by atoms with van der Waals surface area (Å²) in [4.78, 5) is 2.26. The second kappa shape index (κ2) is 4.68. The first kappa shape index (κ1) is 12.7. The predicted molar refractivity (Wildman–Crippen MR) is 79.0 cm³/mol. The third-order valence-electron chi connectivity index (χ3n) is 4.06. The first-order valence-corrected chi connectivity index (χ1v) is 6.94. The molecule has 3 rings (SSSR count). The van der Waals surface area contributed by atoms with Gasteiger partial charge in [0.05, 0.1) is 5.69 Å². The largest absolute Gasteiger partial charge is 0.322 e. The normalized spacial score (nSPS) is 17.7. The van der Waals surface area contributed by atoms with Gasteiger partial charge >= 0.3 is 0 Å². The van der Waals surface area contributed by atoms with Gasteiger partial charge in [0, 0.05) is 18.8 Å². The Morgan fingerprint density at radius 3 is 2.85 bits per heavy atom. The first-order chi connectivity index (χ1) is 9.63. The van der Waals surface area contributed by atoms with E-state index in [0.29, 0.717) is 11.6 Å². The fourth-order valence-electron chi connectivity index (χ4n) is 3.06. The van der Waals surface area contributed by atoms with Crippen LogP contribution in [0.4, 0.5) is 11.5 Å². The molecule has 0 saturated carbocycles. The molecule has 4 nitrogen and oxygen atoms in total. The number of rotatable bonds is 1. The standard InChI is InChI=1S/C16H18N4/c1-11-8-9-13-6-4-5-7-15(13)20(11)16-14(10-17)12(2)18-19(16)3/h4-7,11H,8-9H2,1-3H3.